The molecule has 0 fully saturated rings. The van der Waals surface area contributed by atoms with E-state index in [2.05, 4.69) is 0 Å². The molecule has 0 saturated carbocycles. The zero-order valence-corrected chi connectivity index (χ0v) is 12.2. The normalized spacial score (nSPS) is 11.0. The van der Waals surface area contributed by atoms with E-state index >= 15 is 0 Å². The minimum absolute atomic E-state index is 0.0125. The summed E-state index contributed by atoms with van der Waals surface area (Å²) in [5.41, 5.74) is 1.12. The van der Waals surface area contributed by atoms with Crippen molar-refractivity contribution in [2.45, 2.75) is 12.8 Å². The smallest absolute Gasteiger partial charge is 0.278 e. The number of pyridine rings is 1. The number of aryl methyl sites for hydroxylation is 2. The van der Waals surface area contributed by atoms with Gasteiger partial charge in [0.2, 0.25) is 5.43 Å². The fourth-order valence-corrected chi connectivity index (χ4v) is 2.55. The van der Waals surface area contributed by atoms with Crippen LogP contribution in [0, 0.1) is 0 Å². The third-order valence-electron chi connectivity index (χ3n) is 3.84. The van der Waals surface area contributed by atoms with E-state index in [-0.39, 0.29) is 11.1 Å². The molecule has 0 aliphatic carbocycles. The molecule has 5 heteroatoms. The summed E-state index contributed by atoms with van der Waals surface area (Å²) < 4.78 is 3.00. The zero-order valence-electron chi connectivity index (χ0n) is 12.2. The Morgan fingerprint density at radius 2 is 1.77 bits per heavy atom. The Hall–Kier alpha value is -2.82. The largest absolute Gasteiger partial charge is 0.503 e. The molecule has 0 atom stereocenters. The van der Waals surface area contributed by atoms with Crippen LogP contribution in [0.3, 0.4) is 0 Å². The highest BCUT2D eigenvalue weighted by Gasteiger charge is 2.11. The van der Waals surface area contributed by atoms with E-state index in [0.29, 0.717) is 6.42 Å². The van der Waals surface area contributed by atoms with E-state index in [9.17, 15) is 14.7 Å². The van der Waals surface area contributed by atoms with Gasteiger partial charge >= 0.3 is 0 Å². The second-order valence-electron chi connectivity index (χ2n) is 5.25. The first-order chi connectivity index (χ1) is 10.6. The molecule has 2 aromatic heterocycles. The van der Waals surface area contributed by atoms with Gasteiger partial charge < -0.3 is 14.1 Å². The van der Waals surface area contributed by atoms with Crippen LogP contribution >= 0.6 is 0 Å². The van der Waals surface area contributed by atoms with Gasteiger partial charge in [-0.2, -0.15) is 0 Å². The molecule has 0 amide bonds. The van der Waals surface area contributed by atoms with Crippen molar-refractivity contribution in [1.29, 1.82) is 0 Å². The molecule has 112 valence electrons. The number of benzene rings is 1. The number of fused-ring (bicyclic) bond motifs is 1. The lowest BCUT2D eigenvalue weighted by Gasteiger charge is -2.12. The van der Waals surface area contributed by atoms with E-state index < -0.39 is 11.2 Å². The SMILES string of the molecule is Cn1c(CCc2ccccc2)cn2ccc(=O)c(O)c2c1=O. The van der Waals surface area contributed by atoms with Crippen molar-refractivity contribution >= 4 is 5.52 Å². The van der Waals surface area contributed by atoms with Crippen LogP contribution in [0.15, 0.2) is 58.4 Å². The molecule has 0 bridgehead atoms. The first-order valence-corrected chi connectivity index (χ1v) is 7.04. The summed E-state index contributed by atoms with van der Waals surface area (Å²) >= 11 is 0. The molecule has 3 rings (SSSR count). The maximum absolute atomic E-state index is 12.4. The predicted octanol–water partition coefficient (Wildman–Crippen LogP) is 1.49. The second kappa shape index (κ2) is 5.52. The van der Waals surface area contributed by atoms with Crippen molar-refractivity contribution in [2.75, 3.05) is 0 Å². The maximum atomic E-state index is 12.4. The summed E-state index contributed by atoms with van der Waals surface area (Å²) in [7, 11) is 1.65. The summed E-state index contributed by atoms with van der Waals surface area (Å²) in [6.07, 6.45) is 4.79. The van der Waals surface area contributed by atoms with Gasteiger partial charge in [-0.25, -0.2) is 0 Å². The van der Waals surface area contributed by atoms with Crippen LogP contribution in [0.1, 0.15) is 11.3 Å². The summed E-state index contributed by atoms with van der Waals surface area (Å²) in [6, 6.07) is 11.3. The molecular weight excluding hydrogens is 280 g/mol. The molecule has 0 aliphatic rings. The predicted molar refractivity (Wildman–Crippen MR) is 84.4 cm³/mol. The van der Waals surface area contributed by atoms with E-state index in [0.717, 1.165) is 12.1 Å². The van der Waals surface area contributed by atoms with Gasteiger partial charge in [-0.15, -0.1) is 0 Å². The first-order valence-electron chi connectivity index (χ1n) is 7.04. The standard InChI is InChI=1S/C17H16N2O3/c1-18-13(8-7-12-5-3-2-4-6-12)11-19-10-9-14(20)16(21)15(19)17(18)22/h2-6,9-11,21H,7-8H2,1H3. The topological polar surface area (TPSA) is 63.7 Å². The molecule has 0 radical (unpaired) electrons. The highest BCUT2D eigenvalue weighted by Crippen LogP contribution is 2.11. The monoisotopic (exact) mass is 296 g/mol. The third kappa shape index (κ3) is 2.41. The highest BCUT2D eigenvalue weighted by molar-refractivity contribution is 5.57. The lowest BCUT2D eigenvalue weighted by atomic mass is 10.1. The molecule has 0 aliphatic heterocycles. The van der Waals surface area contributed by atoms with Crippen molar-refractivity contribution in [3.63, 3.8) is 0 Å². The molecule has 5 nitrogen and oxygen atoms in total. The summed E-state index contributed by atoms with van der Waals surface area (Å²) in [5.74, 6) is -0.502. The minimum atomic E-state index is -0.547. The fraction of sp³-hybridized carbons (Fsp3) is 0.176. The number of hydrogen-bond donors (Lipinski definition) is 1. The van der Waals surface area contributed by atoms with Crippen molar-refractivity contribution in [2.24, 2.45) is 7.05 Å². The molecule has 2 heterocycles. The molecule has 0 spiro atoms. The Kier molecular flexibility index (Phi) is 3.55. The molecular formula is C17H16N2O3. The van der Waals surface area contributed by atoms with Gasteiger partial charge in [0.25, 0.3) is 5.56 Å². The molecule has 3 aromatic rings. The fourth-order valence-electron chi connectivity index (χ4n) is 2.55. The van der Waals surface area contributed by atoms with Crippen LogP contribution in [0.25, 0.3) is 5.52 Å². The average molecular weight is 296 g/mol. The quantitative estimate of drug-likeness (QED) is 0.796. The maximum Gasteiger partial charge on any atom is 0.278 e. The van der Waals surface area contributed by atoms with Gasteiger partial charge in [0.15, 0.2) is 11.3 Å². The molecule has 0 saturated heterocycles. The molecule has 1 N–H and O–H groups in total. The minimum Gasteiger partial charge on any atom is -0.503 e. The number of rotatable bonds is 3. The van der Waals surface area contributed by atoms with Crippen LogP contribution in [0.4, 0.5) is 0 Å². The zero-order chi connectivity index (χ0) is 15.7. The van der Waals surface area contributed by atoms with Crippen LogP contribution in [-0.4, -0.2) is 14.1 Å². The van der Waals surface area contributed by atoms with Crippen LogP contribution in [0.2, 0.25) is 0 Å². The van der Waals surface area contributed by atoms with E-state index in [1.807, 2.05) is 30.3 Å². The molecule has 1 aromatic carbocycles. The molecule has 22 heavy (non-hydrogen) atoms. The van der Waals surface area contributed by atoms with Crippen molar-refractivity contribution in [3.05, 3.63) is 80.6 Å². The average Bonchev–Trinajstić information content (AvgIpc) is 2.54. The number of aromatic hydroxyl groups is 1. The third-order valence-corrected chi connectivity index (χ3v) is 3.84. The Morgan fingerprint density at radius 1 is 1.05 bits per heavy atom. The van der Waals surface area contributed by atoms with Gasteiger partial charge in [-0.3, -0.25) is 9.59 Å². The highest BCUT2D eigenvalue weighted by atomic mass is 16.3. The van der Waals surface area contributed by atoms with Gasteiger partial charge in [0.1, 0.15) is 0 Å². The molecule has 0 unspecified atom stereocenters. The van der Waals surface area contributed by atoms with Crippen LogP contribution < -0.4 is 11.0 Å². The number of aromatic nitrogens is 2. The van der Waals surface area contributed by atoms with Crippen LogP contribution in [-0.2, 0) is 19.9 Å². The summed E-state index contributed by atoms with van der Waals surface area (Å²) in [6.45, 7) is 0. The Labute approximate surface area is 126 Å². The first kappa shape index (κ1) is 14.1. The van der Waals surface area contributed by atoms with E-state index in [4.69, 9.17) is 0 Å². The van der Waals surface area contributed by atoms with E-state index in [1.54, 1.807) is 13.2 Å². The van der Waals surface area contributed by atoms with E-state index in [1.165, 1.54) is 26.8 Å². The van der Waals surface area contributed by atoms with Gasteiger partial charge in [0, 0.05) is 31.2 Å². The van der Waals surface area contributed by atoms with Crippen molar-refractivity contribution < 1.29 is 5.11 Å². The Balaban J connectivity index is 2.05. The summed E-state index contributed by atoms with van der Waals surface area (Å²) in [5, 5.41) is 9.82. The van der Waals surface area contributed by atoms with Crippen molar-refractivity contribution in [3.8, 4) is 5.75 Å². The lowest BCUT2D eigenvalue weighted by molar-refractivity contribution is 0.472. The van der Waals surface area contributed by atoms with Crippen molar-refractivity contribution in [1.82, 2.24) is 8.97 Å². The number of nitrogens with zero attached hydrogens (tertiary/aromatic N) is 2. The Morgan fingerprint density at radius 3 is 2.50 bits per heavy atom. The van der Waals surface area contributed by atoms with Crippen LogP contribution in [0.5, 0.6) is 5.75 Å². The number of hydrogen-bond acceptors (Lipinski definition) is 3. The second-order valence-corrected chi connectivity index (χ2v) is 5.25. The van der Waals surface area contributed by atoms with Gasteiger partial charge in [-0.05, 0) is 18.4 Å². The van der Waals surface area contributed by atoms with Gasteiger partial charge in [0.05, 0.1) is 0 Å². The summed E-state index contributed by atoms with van der Waals surface area (Å²) in [4.78, 5) is 23.9. The lowest BCUT2D eigenvalue weighted by Crippen LogP contribution is -2.25. The Bertz CT molecular complexity index is 940. The van der Waals surface area contributed by atoms with Gasteiger partial charge in [-0.1, -0.05) is 30.3 Å².